The van der Waals surface area contributed by atoms with Crippen molar-refractivity contribution in [1.82, 2.24) is 14.9 Å². The summed E-state index contributed by atoms with van der Waals surface area (Å²) in [6.45, 7) is 6.03. The van der Waals surface area contributed by atoms with E-state index in [-0.39, 0.29) is 5.91 Å². The summed E-state index contributed by atoms with van der Waals surface area (Å²) in [6.07, 6.45) is 0.879. The average Bonchev–Trinajstić information content (AvgIpc) is 2.74. The molecule has 0 unspecified atom stereocenters. The molecule has 0 atom stereocenters. The summed E-state index contributed by atoms with van der Waals surface area (Å²) in [7, 11) is 0. The second kappa shape index (κ2) is 7.80. The van der Waals surface area contributed by atoms with E-state index in [1.54, 1.807) is 6.07 Å². The SMILES string of the molecule is CCN(c1ccccc1)c1nc(C)cc(C(=O)N2CCc3ccccc3C2)n1. The van der Waals surface area contributed by atoms with Crippen LogP contribution in [0.2, 0.25) is 0 Å². The highest BCUT2D eigenvalue weighted by molar-refractivity contribution is 5.93. The lowest BCUT2D eigenvalue weighted by Gasteiger charge is -2.29. The smallest absolute Gasteiger partial charge is 0.272 e. The van der Waals surface area contributed by atoms with E-state index in [2.05, 4.69) is 35.1 Å². The summed E-state index contributed by atoms with van der Waals surface area (Å²) in [4.78, 5) is 26.3. The first-order chi connectivity index (χ1) is 13.7. The van der Waals surface area contributed by atoms with Crippen LogP contribution >= 0.6 is 0 Å². The molecule has 3 aromatic rings. The molecule has 142 valence electrons. The zero-order valence-corrected chi connectivity index (χ0v) is 16.3. The summed E-state index contributed by atoms with van der Waals surface area (Å²) >= 11 is 0. The number of aryl methyl sites for hydroxylation is 1. The Bertz CT molecular complexity index is 987. The zero-order valence-electron chi connectivity index (χ0n) is 16.3. The van der Waals surface area contributed by atoms with Crippen LogP contribution in [0.25, 0.3) is 0 Å². The van der Waals surface area contributed by atoms with Crippen molar-refractivity contribution in [3.63, 3.8) is 0 Å². The van der Waals surface area contributed by atoms with Crippen LogP contribution in [0.3, 0.4) is 0 Å². The number of benzene rings is 2. The van der Waals surface area contributed by atoms with Crippen LogP contribution in [-0.2, 0) is 13.0 Å². The standard InChI is InChI=1S/C23H24N4O/c1-3-27(20-11-5-4-6-12-20)23-24-17(2)15-21(25-23)22(28)26-14-13-18-9-7-8-10-19(18)16-26/h4-12,15H,3,13-14,16H2,1-2H3. The van der Waals surface area contributed by atoms with Crippen LogP contribution in [0, 0.1) is 6.92 Å². The molecule has 0 aliphatic carbocycles. The fourth-order valence-electron chi connectivity index (χ4n) is 3.66. The molecule has 2 aromatic carbocycles. The number of amides is 1. The highest BCUT2D eigenvalue weighted by atomic mass is 16.2. The Balaban J connectivity index is 1.63. The Labute approximate surface area is 165 Å². The molecule has 0 radical (unpaired) electrons. The van der Waals surface area contributed by atoms with Crippen molar-refractivity contribution in [1.29, 1.82) is 0 Å². The molecule has 1 aliphatic heterocycles. The minimum Gasteiger partial charge on any atom is -0.333 e. The van der Waals surface area contributed by atoms with Crippen LogP contribution in [0.1, 0.15) is 34.2 Å². The van der Waals surface area contributed by atoms with E-state index < -0.39 is 0 Å². The molecule has 0 fully saturated rings. The number of hydrogen-bond acceptors (Lipinski definition) is 4. The molecular weight excluding hydrogens is 348 g/mol. The monoisotopic (exact) mass is 372 g/mol. The van der Waals surface area contributed by atoms with Crippen LogP contribution < -0.4 is 4.90 Å². The van der Waals surface area contributed by atoms with Crippen LogP contribution in [0.4, 0.5) is 11.6 Å². The molecule has 0 N–H and O–H groups in total. The second-order valence-electron chi connectivity index (χ2n) is 7.02. The van der Waals surface area contributed by atoms with Crippen molar-refractivity contribution in [2.75, 3.05) is 18.0 Å². The van der Waals surface area contributed by atoms with Gasteiger partial charge in [0, 0.05) is 31.0 Å². The molecule has 0 bridgehead atoms. The third-order valence-corrected chi connectivity index (χ3v) is 5.10. The van der Waals surface area contributed by atoms with Crippen LogP contribution in [0.5, 0.6) is 0 Å². The Morgan fingerprint density at radius 2 is 1.75 bits per heavy atom. The van der Waals surface area contributed by atoms with Crippen LogP contribution in [0.15, 0.2) is 60.7 Å². The van der Waals surface area contributed by atoms with E-state index >= 15 is 0 Å². The van der Waals surface area contributed by atoms with Gasteiger partial charge in [-0.05, 0) is 49.6 Å². The maximum Gasteiger partial charge on any atom is 0.272 e. The second-order valence-corrected chi connectivity index (χ2v) is 7.02. The Morgan fingerprint density at radius 1 is 1.04 bits per heavy atom. The van der Waals surface area contributed by atoms with Crippen molar-refractivity contribution >= 4 is 17.5 Å². The van der Waals surface area contributed by atoms with Gasteiger partial charge in [0.15, 0.2) is 0 Å². The van der Waals surface area contributed by atoms with E-state index in [1.807, 2.05) is 53.1 Å². The number of rotatable bonds is 4. The Hall–Kier alpha value is -3.21. The number of aromatic nitrogens is 2. The fourth-order valence-corrected chi connectivity index (χ4v) is 3.66. The maximum absolute atomic E-state index is 13.2. The highest BCUT2D eigenvalue weighted by Gasteiger charge is 2.24. The van der Waals surface area contributed by atoms with Gasteiger partial charge >= 0.3 is 0 Å². The minimum absolute atomic E-state index is 0.0367. The number of para-hydroxylation sites is 1. The quantitative estimate of drug-likeness (QED) is 0.691. The lowest BCUT2D eigenvalue weighted by atomic mass is 10.00. The molecule has 5 heteroatoms. The lowest BCUT2D eigenvalue weighted by Crippen LogP contribution is -2.36. The molecule has 1 aromatic heterocycles. The topological polar surface area (TPSA) is 49.3 Å². The van der Waals surface area contributed by atoms with Gasteiger partial charge in [-0.15, -0.1) is 0 Å². The lowest BCUT2D eigenvalue weighted by molar-refractivity contribution is 0.0728. The minimum atomic E-state index is -0.0367. The van der Waals surface area contributed by atoms with Crippen molar-refractivity contribution in [2.45, 2.75) is 26.8 Å². The van der Waals surface area contributed by atoms with E-state index in [9.17, 15) is 4.79 Å². The predicted molar refractivity (Wildman–Crippen MR) is 111 cm³/mol. The molecule has 1 aliphatic rings. The fraction of sp³-hybridized carbons (Fsp3) is 0.261. The van der Waals surface area contributed by atoms with Gasteiger partial charge in [0.05, 0.1) is 0 Å². The normalized spacial score (nSPS) is 13.1. The van der Waals surface area contributed by atoms with Gasteiger partial charge in [0.2, 0.25) is 5.95 Å². The molecule has 0 saturated carbocycles. The largest absolute Gasteiger partial charge is 0.333 e. The van der Waals surface area contributed by atoms with Gasteiger partial charge in [0.25, 0.3) is 5.91 Å². The van der Waals surface area contributed by atoms with Crippen molar-refractivity contribution in [3.8, 4) is 0 Å². The van der Waals surface area contributed by atoms with E-state index in [4.69, 9.17) is 0 Å². The Morgan fingerprint density at radius 3 is 2.50 bits per heavy atom. The van der Waals surface area contributed by atoms with E-state index in [0.717, 1.165) is 24.3 Å². The molecule has 2 heterocycles. The van der Waals surface area contributed by atoms with Gasteiger partial charge in [-0.1, -0.05) is 42.5 Å². The summed E-state index contributed by atoms with van der Waals surface area (Å²) in [5, 5.41) is 0. The van der Waals surface area contributed by atoms with Gasteiger partial charge in [-0.3, -0.25) is 4.79 Å². The molecule has 0 spiro atoms. The summed E-state index contributed by atoms with van der Waals surface area (Å²) in [6, 6.07) is 20.1. The first-order valence-corrected chi connectivity index (χ1v) is 9.70. The average molecular weight is 372 g/mol. The molecule has 5 nitrogen and oxygen atoms in total. The Kier molecular flexibility index (Phi) is 5.06. The van der Waals surface area contributed by atoms with E-state index in [1.165, 1.54) is 11.1 Å². The van der Waals surface area contributed by atoms with Crippen molar-refractivity contribution in [3.05, 3.63) is 83.2 Å². The predicted octanol–water partition coefficient (Wildman–Crippen LogP) is 4.14. The molecule has 28 heavy (non-hydrogen) atoms. The van der Waals surface area contributed by atoms with Gasteiger partial charge in [-0.2, -0.15) is 0 Å². The first-order valence-electron chi connectivity index (χ1n) is 9.70. The first kappa shape index (κ1) is 18.2. The van der Waals surface area contributed by atoms with Crippen molar-refractivity contribution in [2.24, 2.45) is 0 Å². The van der Waals surface area contributed by atoms with Crippen LogP contribution in [-0.4, -0.2) is 33.9 Å². The zero-order chi connectivity index (χ0) is 19.5. The number of nitrogens with zero attached hydrogens (tertiary/aromatic N) is 4. The van der Waals surface area contributed by atoms with Gasteiger partial charge < -0.3 is 9.80 Å². The number of anilines is 2. The summed E-state index contributed by atoms with van der Waals surface area (Å²) < 4.78 is 0. The van der Waals surface area contributed by atoms with Gasteiger partial charge in [-0.25, -0.2) is 9.97 Å². The van der Waals surface area contributed by atoms with Crippen molar-refractivity contribution < 1.29 is 4.79 Å². The number of hydrogen-bond donors (Lipinski definition) is 0. The third-order valence-electron chi connectivity index (χ3n) is 5.10. The molecule has 4 rings (SSSR count). The van der Waals surface area contributed by atoms with E-state index in [0.29, 0.717) is 24.7 Å². The summed E-state index contributed by atoms with van der Waals surface area (Å²) in [5.41, 5.74) is 4.80. The summed E-state index contributed by atoms with van der Waals surface area (Å²) in [5.74, 6) is 0.528. The number of carbonyl (C=O) groups is 1. The number of fused-ring (bicyclic) bond motifs is 1. The molecular formula is C23H24N4O. The number of carbonyl (C=O) groups excluding carboxylic acids is 1. The molecule has 1 amide bonds. The third kappa shape index (κ3) is 3.60. The maximum atomic E-state index is 13.2. The van der Waals surface area contributed by atoms with Gasteiger partial charge in [0.1, 0.15) is 5.69 Å². The highest BCUT2D eigenvalue weighted by Crippen LogP contribution is 2.24. The molecule has 0 saturated heterocycles.